The van der Waals surface area contributed by atoms with E-state index in [-0.39, 0.29) is 0 Å². The Bertz CT molecular complexity index is 110. The zero-order chi connectivity index (χ0) is 6.69. The summed E-state index contributed by atoms with van der Waals surface area (Å²) < 4.78 is 0. The fourth-order valence-corrected chi connectivity index (χ4v) is 0.658. The first-order chi connectivity index (χ1) is 4.30. The van der Waals surface area contributed by atoms with E-state index < -0.39 is 12.1 Å². The third-order valence-electron chi connectivity index (χ3n) is 1.11. The van der Waals surface area contributed by atoms with Gasteiger partial charge in [0.25, 0.3) is 0 Å². The molecule has 52 valence electrons. The highest BCUT2D eigenvalue weighted by Crippen LogP contribution is 1.78. The van der Waals surface area contributed by atoms with Gasteiger partial charge in [0, 0.05) is 13.3 Å². The predicted molar refractivity (Wildman–Crippen MR) is 30.6 cm³/mol. The van der Waals surface area contributed by atoms with Crippen LogP contribution in [0.25, 0.3) is 0 Å². The van der Waals surface area contributed by atoms with Gasteiger partial charge in [0.15, 0.2) is 6.17 Å². The monoisotopic (exact) mass is 131 g/mol. The normalized spacial score (nSPS) is 21.8. The van der Waals surface area contributed by atoms with Gasteiger partial charge in [0.1, 0.15) is 0 Å². The van der Waals surface area contributed by atoms with E-state index in [1.807, 2.05) is 0 Å². The van der Waals surface area contributed by atoms with E-state index in [0.29, 0.717) is 13.3 Å². The smallest absolute Gasteiger partial charge is 0.335 e. The molecular weight excluding hydrogens is 122 g/mol. The van der Waals surface area contributed by atoms with Crippen LogP contribution in [-0.4, -0.2) is 30.6 Å². The Morgan fingerprint density at radius 1 is 1.44 bits per heavy atom. The van der Waals surface area contributed by atoms with Gasteiger partial charge in [-0.3, -0.25) is 16.0 Å². The minimum Gasteiger partial charge on any atom is -0.479 e. The molecule has 0 aromatic rings. The lowest BCUT2D eigenvalue weighted by atomic mass is 10.5. The molecule has 1 heterocycles. The predicted octanol–water partition coefficient (Wildman–Crippen LogP) is -1.91. The van der Waals surface area contributed by atoms with Gasteiger partial charge in [0.2, 0.25) is 0 Å². The number of carbonyl (C=O) groups is 1. The van der Waals surface area contributed by atoms with Gasteiger partial charge in [-0.1, -0.05) is 0 Å². The lowest BCUT2D eigenvalue weighted by Crippen LogP contribution is -2.59. The van der Waals surface area contributed by atoms with Crippen LogP contribution in [0.5, 0.6) is 0 Å². The van der Waals surface area contributed by atoms with Gasteiger partial charge in [-0.05, 0) is 0 Å². The van der Waals surface area contributed by atoms with Crippen molar-refractivity contribution < 1.29 is 9.90 Å². The third kappa shape index (κ3) is 1.63. The molecule has 0 spiro atoms. The van der Waals surface area contributed by atoms with Crippen molar-refractivity contribution in [2.45, 2.75) is 6.17 Å². The molecule has 1 rings (SSSR count). The van der Waals surface area contributed by atoms with Crippen molar-refractivity contribution in [2.24, 2.45) is 0 Å². The van der Waals surface area contributed by atoms with E-state index >= 15 is 0 Å². The van der Waals surface area contributed by atoms with Crippen molar-refractivity contribution in [3.8, 4) is 0 Å². The molecule has 1 fully saturated rings. The molecule has 5 heteroatoms. The van der Waals surface area contributed by atoms with Gasteiger partial charge >= 0.3 is 5.97 Å². The van der Waals surface area contributed by atoms with E-state index in [2.05, 4.69) is 16.0 Å². The van der Waals surface area contributed by atoms with Crippen molar-refractivity contribution in [3.63, 3.8) is 0 Å². The molecule has 0 aromatic carbocycles. The molecule has 0 amide bonds. The molecule has 4 N–H and O–H groups in total. The van der Waals surface area contributed by atoms with Crippen LogP contribution in [0.2, 0.25) is 0 Å². The lowest BCUT2D eigenvalue weighted by Gasteiger charge is -2.21. The molecule has 0 radical (unpaired) electrons. The van der Waals surface area contributed by atoms with Crippen LogP contribution in [0.4, 0.5) is 0 Å². The molecule has 0 bridgehead atoms. The molecule has 1 saturated heterocycles. The van der Waals surface area contributed by atoms with Crippen molar-refractivity contribution in [2.75, 3.05) is 13.3 Å². The van der Waals surface area contributed by atoms with Gasteiger partial charge < -0.3 is 5.11 Å². The van der Waals surface area contributed by atoms with E-state index in [0.717, 1.165) is 0 Å². The second-order valence-electron chi connectivity index (χ2n) is 1.78. The molecule has 0 saturated carbocycles. The van der Waals surface area contributed by atoms with E-state index in [4.69, 9.17) is 5.11 Å². The largest absolute Gasteiger partial charge is 0.479 e. The van der Waals surface area contributed by atoms with Crippen molar-refractivity contribution in [1.82, 2.24) is 16.0 Å². The summed E-state index contributed by atoms with van der Waals surface area (Å²) in [5, 5.41) is 16.7. The number of hydrogen-bond acceptors (Lipinski definition) is 4. The molecule has 0 atom stereocenters. The summed E-state index contributed by atoms with van der Waals surface area (Å²) in [5.74, 6) is -0.864. The maximum Gasteiger partial charge on any atom is 0.335 e. The number of carboxylic acids is 1. The summed E-state index contributed by atoms with van der Waals surface area (Å²) in [5.41, 5.74) is 0. The van der Waals surface area contributed by atoms with Crippen molar-refractivity contribution in [3.05, 3.63) is 0 Å². The van der Waals surface area contributed by atoms with Crippen LogP contribution in [0.1, 0.15) is 0 Å². The van der Waals surface area contributed by atoms with E-state index in [1.165, 1.54) is 0 Å². The number of aliphatic carboxylic acids is 1. The summed E-state index contributed by atoms with van der Waals surface area (Å²) in [6.45, 7) is 1.09. The van der Waals surface area contributed by atoms with Crippen LogP contribution in [0.15, 0.2) is 0 Å². The van der Waals surface area contributed by atoms with Gasteiger partial charge in [-0.2, -0.15) is 0 Å². The molecule has 0 aromatic heterocycles. The van der Waals surface area contributed by atoms with E-state index in [1.54, 1.807) is 0 Å². The fourth-order valence-electron chi connectivity index (χ4n) is 0.658. The summed E-state index contributed by atoms with van der Waals surface area (Å²) in [4.78, 5) is 10.2. The van der Waals surface area contributed by atoms with Gasteiger partial charge in [-0.15, -0.1) is 0 Å². The Labute approximate surface area is 52.4 Å². The number of carboxylic acid groups (broad SMARTS) is 1. The second kappa shape index (κ2) is 2.77. The Hall–Kier alpha value is -0.650. The Kier molecular flexibility index (Phi) is 1.99. The highest BCUT2D eigenvalue weighted by atomic mass is 16.4. The standard InChI is InChI=1S/C4H9N3O2/c8-4(9)3-6-1-5-2-7-3/h3,5-7H,1-2H2,(H,8,9). The topological polar surface area (TPSA) is 73.4 Å². The Morgan fingerprint density at radius 3 is 2.33 bits per heavy atom. The molecule has 1 aliphatic rings. The molecule has 9 heavy (non-hydrogen) atoms. The number of hydrogen-bond donors (Lipinski definition) is 4. The number of rotatable bonds is 1. The molecular formula is C4H9N3O2. The highest BCUT2D eigenvalue weighted by Gasteiger charge is 2.17. The molecule has 5 nitrogen and oxygen atoms in total. The maximum atomic E-state index is 10.2. The zero-order valence-electron chi connectivity index (χ0n) is 4.85. The van der Waals surface area contributed by atoms with Crippen LogP contribution >= 0.6 is 0 Å². The van der Waals surface area contributed by atoms with Crippen LogP contribution in [0, 0.1) is 0 Å². The first-order valence-corrected chi connectivity index (χ1v) is 2.71. The van der Waals surface area contributed by atoms with Gasteiger partial charge in [0.05, 0.1) is 0 Å². The first kappa shape index (κ1) is 6.47. The van der Waals surface area contributed by atoms with Crippen LogP contribution in [-0.2, 0) is 4.79 Å². The fraction of sp³-hybridized carbons (Fsp3) is 0.750. The minimum atomic E-state index is -0.864. The minimum absolute atomic E-state index is 0.546. The third-order valence-corrected chi connectivity index (χ3v) is 1.11. The summed E-state index contributed by atoms with van der Waals surface area (Å²) in [6, 6.07) is 0. The highest BCUT2D eigenvalue weighted by molar-refractivity contribution is 5.72. The van der Waals surface area contributed by atoms with Crippen molar-refractivity contribution >= 4 is 5.97 Å². The summed E-state index contributed by atoms with van der Waals surface area (Å²) >= 11 is 0. The Morgan fingerprint density at radius 2 is 2.00 bits per heavy atom. The molecule has 0 aliphatic carbocycles. The summed E-state index contributed by atoms with van der Waals surface area (Å²) in [6.07, 6.45) is -0.591. The molecule has 0 unspecified atom stereocenters. The maximum absolute atomic E-state index is 10.2. The van der Waals surface area contributed by atoms with E-state index in [9.17, 15) is 4.79 Å². The average Bonchev–Trinajstić information content (AvgIpc) is 1.90. The second-order valence-corrected chi connectivity index (χ2v) is 1.78. The SMILES string of the molecule is O=C(O)C1NCNCN1. The van der Waals surface area contributed by atoms with Crippen LogP contribution in [0.3, 0.4) is 0 Å². The van der Waals surface area contributed by atoms with Crippen molar-refractivity contribution in [1.29, 1.82) is 0 Å². The summed E-state index contributed by atoms with van der Waals surface area (Å²) in [7, 11) is 0. The Balaban J connectivity index is 2.31. The van der Waals surface area contributed by atoms with Crippen LogP contribution < -0.4 is 16.0 Å². The van der Waals surface area contributed by atoms with Gasteiger partial charge in [-0.25, -0.2) is 4.79 Å². The molecule has 1 aliphatic heterocycles. The lowest BCUT2D eigenvalue weighted by molar-refractivity contribution is -0.140. The number of nitrogens with one attached hydrogen (secondary N) is 3. The average molecular weight is 131 g/mol. The zero-order valence-corrected chi connectivity index (χ0v) is 4.85. The first-order valence-electron chi connectivity index (χ1n) is 2.71. The quantitative estimate of drug-likeness (QED) is 0.334.